The lowest BCUT2D eigenvalue weighted by Crippen LogP contribution is -2.41. The number of methoxy groups -OCH3 is 1. The van der Waals surface area contributed by atoms with Gasteiger partial charge in [-0.2, -0.15) is 12.7 Å². The maximum Gasteiger partial charge on any atom is 0.306 e. The minimum Gasteiger partial charge on any atom is -0.469 e. The second-order valence-electron chi connectivity index (χ2n) is 5.22. The quantitative estimate of drug-likeness (QED) is 0.641. The van der Waals surface area contributed by atoms with Gasteiger partial charge in [0.05, 0.1) is 13.5 Å². The van der Waals surface area contributed by atoms with Crippen LogP contribution in [-0.4, -0.2) is 45.9 Å². The summed E-state index contributed by atoms with van der Waals surface area (Å²) >= 11 is 0. The minimum atomic E-state index is -3.50. The van der Waals surface area contributed by atoms with Crippen LogP contribution < -0.4 is 4.72 Å². The molecule has 0 amide bonds. The summed E-state index contributed by atoms with van der Waals surface area (Å²) in [7, 11) is -0.749. The zero-order valence-corrected chi connectivity index (χ0v) is 12.8. The van der Waals surface area contributed by atoms with E-state index >= 15 is 0 Å². The monoisotopic (exact) mass is 292 g/mol. The fourth-order valence-corrected chi connectivity index (χ4v) is 3.09. The third-order valence-electron chi connectivity index (χ3n) is 3.64. The van der Waals surface area contributed by atoms with E-state index in [-0.39, 0.29) is 18.4 Å². The second kappa shape index (κ2) is 6.67. The van der Waals surface area contributed by atoms with Gasteiger partial charge in [-0.25, -0.2) is 4.72 Å². The number of nitrogens with zero attached hydrogens (tertiary/aromatic N) is 1. The molecule has 0 aromatic carbocycles. The maximum atomic E-state index is 12.0. The highest BCUT2D eigenvalue weighted by Gasteiger charge is 2.42. The molecule has 0 radical (unpaired) electrons. The van der Waals surface area contributed by atoms with E-state index in [1.54, 1.807) is 0 Å². The van der Waals surface area contributed by atoms with E-state index in [2.05, 4.69) is 16.4 Å². The Kier molecular flexibility index (Phi) is 5.76. The SMILES string of the molecule is CCCC1(CNS(=O)(=O)N(C)CCC(=O)OC)CC1. The molecule has 0 bridgehead atoms. The van der Waals surface area contributed by atoms with Crippen LogP contribution in [0.3, 0.4) is 0 Å². The van der Waals surface area contributed by atoms with E-state index in [0.717, 1.165) is 30.0 Å². The van der Waals surface area contributed by atoms with Crippen molar-refractivity contribution in [3.63, 3.8) is 0 Å². The van der Waals surface area contributed by atoms with Crippen molar-refractivity contribution in [1.82, 2.24) is 9.03 Å². The molecule has 6 nitrogen and oxygen atoms in total. The Morgan fingerprint density at radius 3 is 2.53 bits per heavy atom. The molecule has 1 aliphatic carbocycles. The molecule has 1 N–H and O–H groups in total. The topological polar surface area (TPSA) is 75.7 Å². The van der Waals surface area contributed by atoms with E-state index in [1.165, 1.54) is 14.2 Å². The maximum absolute atomic E-state index is 12.0. The number of rotatable bonds is 9. The number of ether oxygens (including phenoxy) is 1. The zero-order chi connectivity index (χ0) is 14.5. The Hall–Kier alpha value is -0.660. The van der Waals surface area contributed by atoms with Crippen LogP contribution in [0.15, 0.2) is 0 Å². The molecule has 0 aromatic rings. The standard InChI is InChI=1S/C12H24N2O4S/c1-4-6-12(7-8-12)10-13-19(16,17)14(2)9-5-11(15)18-3/h13H,4-10H2,1-3H3. The summed E-state index contributed by atoms with van der Waals surface area (Å²) < 4.78 is 32.2. The highest BCUT2D eigenvalue weighted by atomic mass is 32.2. The first-order chi connectivity index (χ1) is 8.85. The second-order valence-corrected chi connectivity index (χ2v) is 7.09. The first kappa shape index (κ1) is 16.4. The lowest BCUT2D eigenvalue weighted by molar-refractivity contribution is -0.140. The van der Waals surface area contributed by atoms with Gasteiger partial charge in [0, 0.05) is 20.1 Å². The Bertz CT molecular complexity index is 404. The molecule has 1 fully saturated rings. The van der Waals surface area contributed by atoms with Gasteiger partial charge >= 0.3 is 5.97 Å². The normalized spacial score (nSPS) is 17.5. The first-order valence-electron chi connectivity index (χ1n) is 6.63. The molecule has 0 spiro atoms. The van der Waals surface area contributed by atoms with Crippen molar-refractivity contribution in [2.24, 2.45) is 5.41 Å². The number of carbonyl (C=O) groups excluding carboxylic acids is 1. The highest BCUT2D eigenvalue weighted by molar-refractivity contribution is 7.87. The van der Waals surface area contributed by atoms with Crippen LogP contribution in [0.2, 0.25) is 0 Å². The highest BCUT2D eigenvalue weighted by Crippen LogP contribution is 2.49. The molecule has 0 atom stereocenters. The Labute approximate surface area is 115 Å². The van der Waals surface area contributed by atoms with Crippen molar-refractivity contribution in [3.05, 3.63) is 0 Å². The molecule has 0 unspecified atom stereocenters. The van der Waals surface area contributed by atoms with Crippen LogP contribution in [0.25, 0.3) is 0 Å². The van der Waals surface area contributed by atoms with Crippen molar-refractivity contribution in [2.45, 2.75) is 39.0 Å². The van der Waals surface area contributed by atoms with Gasteiger partial charge in [0.25, 0.3) is 10.2 Å². The summed E-state index contributed by atoms with van der Waals surface area (Å²) in [6.45, 7) is 2.73. The van der Waals surface area contributed by atoms with Gasteiger partial charge in [0.1, 0.15) is 0 Å². The van der Waals surface area contributed by atoms with Gasteiger partial charge in [-0.3, -0.25) is 4.79 Å². The van der Waals surface area contributed by atoms with Crippen molar-refractivity contribution < 1.29 is 17.9 Å². The molecular formula is C12H24N2O4S. The molecule has 7 heteroatoms. The van der Waals surface area contributed by atoms with E-state index in [0.29, 0.717) is 6.54 Å². The summed E-state index contributed by atoms with van der Waals surface area (Å²) in [5.41, 5.74) is 0.172. The van der Waals surface area contributed by atoms with Gasteiger partial charge < -0.3 is 4.74 Å². The molecule has 112 valence electrons. The van der Waals surface area contributed by atoms with E-state index < -0.39 is 16.2 Å². The fraction of sp³-hybridized carbons (Fsp3) is 0.917. The van der Waals surface area contributed by atoms with Gasteiger partial charge in [-0.1, -0.05) is 13.3 Å². The number of hydrogen-bond donors (Lipinski definition) is 1. The van der Waals surface area contributed by atoms with Crippen LogP contribution in [-0.2, 0) is 19.7 Å². The smallest absolute Gasteiger partial charge is 0.306 e. The number of carbonyl (C=O) groups is 1. The van der Waals surface area contributed by atoms with Gasteiger partial charge in [0.2, 0.25) is 0 Å². The predicted octanol–water partition coefficient (Wildman–Crippen LogP) is 0.896. The Balaban J connectivity index is 2.40. The third kappa shape index (κ3) is 5.08. The van der Waals surface area contributed by atoms with Crippen molar-refractivity contribution >= 4 is 16.2 Å². The van der Waals surface area contributed by atoms with Crippen molar-refractivity contribution in [1.29, 1.82) is 0 Å². The lowest BCUT2D eigenvalue weighted by Gasteiger charge is -2.20. The lowest BCUT2D eigenvalue weighted by atomic mass is 10.0. The number of esters is 1. The summed E-state index contributed by atoms with van der Waals surface area (Å²) in [4.78, 5) is 11.0. The largest absolute Gasteiger partial charge is 0.469 e. The molecule has 0 aromatic heterocycles. The zero-order valence-electron chi connectivity index (χ0n) is 11.9. The Morgan fingerprint density at radius 1 is 1.42 bits per heavy atom. The van der Waals surface area contributed by atoms with Crippen LogP contribution in [0.4, 0.5) is 0 Å². The molecule has 1 aliphatic rings. The summed E-state index contributed by atoms with van der Waals surface area (Å²) in [6, 6.07) is 0. The van der Waals surface area contributed by atoms with Gasteiger partial charge in [-0.05, 0) is 24.7 Å². The minimum absolute atomic E-state index is 0.0635. The van der Waals surface area contributed by atoms with E-state index in [9.17, 15) is 13.2 Å². The molecule has 19 heavy (non-hydrogen) atoms. The summed E-state index contributed by atoms with van der Waals surface area (Å²) in [5.74, 6) is -0.410. The van der Waals surface area contributed by atoms with Crippen LogP contribution in [0, 0.1) is 5.41 Å². The molecule has 0 saturated heterocycles. The van der Waals surface area contributed by atoms with Crippen molar-refractivity contribution in [3.8, 4) is 0 Å². The summed E-state index contributed by atoms with van der Waals surface area (Å²) in [5, 5.41) is 0. The molecule has 0 heterocycles. The molecule has 1 rings (SSSR count). The summed E-state index contributed by atoms with van der Waals surface area (Å²) in [6.07, 6.45) is 4.37. The van der Waals surface area contributed by atoms with Gasteiger partial charge in [0.15, 0.2) is 0 Å². The molecular weight excluding hydrogens is 268 g/mol. The van der Waals surface area contributed by atoms with Crippen LogP contribution in [0.5, 0.6) is 0 Å². The third-order valence-corrected chi connectivity index (χ3v) is 5.15. The van der Waals surface area contributed by atoms with E-state index in [4.69, 9.17) is 0 Å². The molecule has 1 saturated carbocycles. The number of nitrogens with one attached hydrogen (secondary N) is 1. The fourth-order valence-electron chi connectivity index (χ4n) is 2.05. The van der Waals surface area contributed by atoms with Crippen LogP contribution >= 0.6 is 0 Å². The number of hydrogen-bond acceptors (Lipinski definition) is 4. The van der Waals surface area contributed by atoms with E-state index in [1.807, 2.05) is 0 Å². The average Bonchev–Trinajstić information content (AvgIpc) is 3.14. The molecule has 0 aliphatic heterocycles. The van der Waals surface area contributed by atoms with Crippen molar-refractivity contribution in [2.75, 3.05) is 27.2 Å². The average molecular weight is 292 g/mol. The Morgan fingerprint density at radius 2 is 2.05 bits per heavy atom. The van der Waals surface area contributed by atoms with Crippen LogP contribution in [0.1, 0.15) is 39.0 Å². The van der Waals surface area contributed by atoms with Gasteiger partial charge in [-0.15, -0.1) is 0 Å². The first-order valence-corrected chi connectivity index (χ1v) is 8.07. The predicted molar refractivity (Wildman–Crippen MR) is 72.8 cm³/mol.